The van der Waals surface area contributed by atoms with Gasteiger partial charge >= 0.3 is 0 Å². The van der Waals surface area contributed by atoms with Crippen LogP contribution in [0.15, 0.2) is 92.9 Å². The van der Waals surface area contributed by atoms with Gasteiger partial charge in [0.2, 0.25) is 11.6 Å². The Bertz CT molecular complexity index is 1280. The van der Waals surface area contributed by atoms with Crippen LogP contribution >= 0.6 is 27.3 Å². The lowest BCUT2D eigenvalue weighted by molar-refractivity contribution is 0.174. The van der Waals surface area contributed by atoms with E-state index in [0.29, 0.717) is 0 Å². The van der Waals surface area contributed by atoms with Gasteiger partial charge in [-0.15, -0.1) is 16.4 Å². The summed E-state index contributed by atoms with van der Waals surface area (Å²) in [6.07, 6.45) is 1.72. The highest BCUT2D eigenvalue weighted by molar-refractivity contribution is 9.10. The molecule has 30 heavy (non-hydrogen) atoms. The van der Waals surface area contributed by atoms with Crippen LogP contribution in [0.25, 0.3) is 16.9 Å². The van der Waals surface area contributed by atoms with Crippen LogP contribution in [0.2, 0.25) is 0 Å². The average molecular weight is 478 g/mol. The maximum absolute atomic E-state index is 5.42. The van der Waals surface area contributed by atoms with E-state index < -0.39 is 0 Å². The van der Waals surface area contributed by atoms with Gasteiger partial charge in [0, 0.05) is 15.5 Å². The quantitative estimate of drug-likeness (QED) is 0.282. The monoisotopic (exact) mass is 477 g/mol. The Hall–Kier alpha value is -3.16. The molecule has 5 rings (SSSR count). The molecule has 0 N–H and O–H groups in total. The maximum atomic E-state index is 5.42. The third-order valence-corrected chi connectivity index (χ3v) is 5.95. The number of hydrogen-bond donors (Lipinski definition) is 0. The first-order valence-electron chi connectivity index (χ1n) is 9.26. The Kier molecular flexibility index (Phi) is 5.21. The fraction of sp³-hybridized carbons (Fsp3) is 0.0435. The third kappa shape index (κ3) is 3.81. The van der Waals surface area contributed by atoms with Crippen LogP contribution in [0.1, 0.15) is 5.56 Å². The van der Waals surface area contributed by atoms with E-state index in [4.69, 9.17) is 9.47 Å². The predicted octanol–water partition coefficient (Wildman–Crippen LogP) is 5.63. The lowest BCUT2D eigenvalue weighted by atomic mass is 10.1. The Labute approximate surface area is 185 Å². The van der Waals surface area contributed by atoms with Crippen molar-refractivity contribution < 1.29 is 9.47 Å². The van der Waals surface area contributed by atoms with Gasteiger partial charge in [0.25, 0.3) is 0 Å². The molecule has 4 aromatic rings. The number of aromatic nitrogens is 1. The van der Waals surface area contributed by atoms with Crippen LogP contribution in [-0.2, 0) is 0 Å². The molecule has 0 bridgehead atoms. The number of thiazole rings is 1. The van der Waals surface area contributed by atoms with E-state index in [9.17, 15) is 0 Å². The van der Waals surface area contributed by atoms with E-state index >= 15 is 0 Å². The van der Waals surface area contributed by atoms with Crippen molar-refractivity contribution >= 4 is 33.5 Å². The SMILES string of the molecule is Brc1ccc(-c2cs/c(=N\N=C/c3ccc4c(c3)OCO4)n2-c2ccccc2)cc1. The molecule has 1 aliphatic heterocycles. The minimum atomic E-state index is 0.255. The number of halogens is 1. The molecule has 0 unspecified atom stereocenters. The molecule has 1 aliphatic rings. The zero-order valence-corrected chi connectivity index (χ0v) is 18.1. The van der Waals surface area contributed by atoms with E-state index in [1.165, 1.54) is 0 Å². The molecular formula is C23H16BrN3O2S. The molecule has 2 heterocycles. The predicted molar refractivity (Wildman–Crippen MR) is 123 cm³/mol. The minimum Gasteiger partial charge on any atom is -0.454 e. The topological polar surface area (TPSA) is 48.1 Å². The molecule has 0 aliphatic carbocycles. The zero-order valence-electron chi connectivity index (χ0n) is 15.7. The summed E-state index contributed by atoms with van der Waals surface area (Å²) >= 11 is 5.05. The smallest absolute Gasteiger partial charge is 0.231 e. The van der Waals surface area contributed by atoms with Gasteiger partial charge in [-0.2, -0.15) is 5.10 Å². The van der Waals surface area contributed by atoms with Crippen molar-refractivity contribution in [1.82, 2.24) is 4.57 Å². The fourth-order valence-corrected chi connectivity index (χ4v) is 4.29. The Morgan fingerprint density at radius 3 is 2.57 bits per heavy atom. The zero-order chi connectivity index (χ0) is 20.3. The van der Waals surface area contributed by atoms with E-state index in [1.807, 2.05) is 48.5 Å². The molecule has 3 aromatic carbocycles. The first-order valence-corrected chi connectivity index (χ1v) is 10.9. The van der Waals surface area contributed by atoms with Crippen LogP contribution in [0.4, 0.5) is 0 Å². The molecule has 148 valence electrons. The van der Waals surface area contributed by atoms with Crippen LogP contribution in [-0.4, -0.2) is 17.6 Å². The van der Waals surface area contributed by atoms with E-state index in [-0.39, 0.29) is 6.79 Å². The lowest BCUT2D eigenvalue weighted by Crippen LogP contribution is -2.13. The summed E-state index contributed by atoms with van der Waals surface area (Å²) in [5, 5.41) is 10.9. The highest BCUT2D eigenvalue weighted by Crippen LogP contribution is 2.32. The first kappa shape index (κ1) is 18.8. The van der Waals surface area contributed by atoms with Crippen LogP contribution in [0, 0.1) is 0 Å². The summed E-state index contributed by atoms with van der Waals surface area (Å²) in [5.74, 6) is 1.48. The molecule has 1 aromatic heterocycles. The first-order chi connectivity index (χ1) is 14.8. The number of hydrogen-bond acceptors (Lipinski definition) is 5. The Morgan fingerprint density at radius 1 is 0.933 bits per heavy atom. The van der Waals surface area contributed by atoms with Gasteiger partial charge in [-0.05, 0) is 53.6 Å². The number of ether oxygens (including phenoxy) is 2. The third-order valence-electron chi connectivity index (χ3n) is 4.61. The number of para-hydroxylation sites is 1. The molecule has 0 saturated heterocycles. The Balaban J connectivity index is 1.55. The Morgan fingerprint density at radius 2 is 1.73 bits per heavy atom. The van der Waals surface area contributed by atoms with Crippen LogP contribution in [0.5, 0.6) is 11.5 Å². The van der Waals surface area contributed by atoms with Crippen molar-refractivity contribution in [2.75, 3.05) is 6.79 Å². The van der Waals surface area contributed by atoms with Crippen molar-refractivity contribution in [3.05, 3.63) is 93.0 Å². The minimum absolute atomic E-state index is 0.255. The molecule has 0 radical (unpaired) electrons. The van der Waals surface area contributed by atoms with E-state index in [1.54, 1.807) is 17.6 Å². The number of benzene rings is 3. The summed E-state index contributed by atoms with van der Waals surface area (Å²) in [4.78, 5) is 0.788. The highest BCUT2D eigenvalue weighted by atomic mass is 79.9. The normalized spacial score (nSPS) is 13.3. The average Bonchev–Trinajstić information content (AvgIpc) is 3.42. The lowest BCUT2D eigenvalue weighted by Gasteiger charge is -2.09. The second kappa shape index (κ2) is 8.30. The van der Waals surface area contributed by atoms with Gasteiger partial charge in [-0.25, -0.2) is 0 Å². The number of rotatable bonds is 4. The van der Waals surface area contributed by atoms with Gasteiger partial charge in [0.1, 0.15) is 0 Å². The van der Waals surface area contributed by atoms with Gasteiger partial charge in [0.15, 0.2) is 11.5 Å². The molecule has 0 spiro atoms. The van der Waals surface area contributed by atoms with Crippen molar-refractivity contribution in [3.63, 3.8) is 0 Å². The van der Waals surface area contributed by atoms with Crippen molar-refractivity contribution in [3.8, 4) is 28.4 Å². The molecule has 0 amide bonds. The van der Waals surface area contributed by atoms with Gasteiger partial charge < -0.3 is 9.47 Å². The summed E-state index contributed by atoms with van der Waals surface area (Å²) in [6, 6.07) is 24.1. The molecule has 7 heteroatoms. The fourth-order valence-electron chi connectivity index (χ4n) is 3.17. The summed E-state index contributed by atoms with van der Waals surface area (Å²) in [7, 11) is 0. The second-order valence-electron chi connectivity index (χ2n) is 6.54. The maximum Gasteiger partial charge on any atom is 0.231 e. The largest absolute Gasteiger partial charge is 0.454 e. The summed E-state index contributed by atoms with van der Waals surface area (Å²) < 4.78 is 13.9. The van der Waals surface area contributed by atoms with Crippen molar-refractivity contribution in [2.24, 2.45) is 10.2 Å². The van der Waals surface area contributed by atoms with Gasteiger partial charge in [-0.3, -0.25) is 4.57 Å². The summed E-state index contributed by atoms with van der Waals surface area (Å²) in [5.41, 5.74) is 4.11. The molecule has 0 fully saturated rings. The van der Waals surface area contributed by atoms with Crippen molar-refractivity contribution in [1.29, 1.82) is 0 Å². The van der Waals surface area contributed by atoms with Crippen molar-refractivity contribution in [2.45, 2.75) is 0 Å². The number of fused-ring (bicyclic) bond motifs is 1. The van der Waals surface area contributed by atoms with Gasteiger partial charge in [-0.1, -0.05) is 46.3 Å². The number of nitrogens with zero attached hydrogens (tertiary/aromatic N) is 3. The highest BCUT2D eigenvalue weighted by Gasteiger charge is 2.12. The van der Waals surface area contributed by atoms with Crippen LogP contribution < -0.4 is 14.3 Å². The van der Waals surface area contributed by atoms with Crippen LogP contribution in [0.3, 0.4) is 0 Å². The molecule has 0 atom stereocenters. The summed E-state index contributed by atoms with van der Waals surface area (Å²) in [6.45, 7) is 0.255. The van der Waals surface area contributed by atoms with E-state index in [0.717, 1.165) is 43.3 Å². The molecule has 0 saturated carbocycles. The van der Waals surface area contributed by atoms with Gasteiger partial charge in [0.05, 0.1) is 11.9 Å². The van der Waals surface area contributed by atoms with E-state index in [2.05, 4.69) is 60.3 Å². The molecular weight excluding hydrogens is 462 g/mol. The standard InChI is InChI=1S/C23H16BrN3O2S/c24-18-9-7-17(8-10-18)20-14-30-23(27(20)19-4-2-1-3-5-19)26-25-13-16-6-11-21-22(12-16)29-15-28-21/h1-14H,15H2/b25-13-,26-23-. The second-order valence-corrected chi connectivity index (χ2v) is 8.29. The molecule has 5 nitrogen and oxygen atoms in total.